The minimum Gasteiger partial charge on any atom is -0.398 e. The number of anilines is 1. The van der Waals surface area contributed by atoms with Crippen LogP contribution in [0.3, 0.4) is 0 Å². The highest BCUT2D eigenvalue weighted by atomic mass is 79.9. The van der Waals surface area contributed by atoms with Crippen molar-refractivity contribution in [1.82, 2.24) is 4.90 Å². The Bertz CT molecular complexity index is 337. The Morgan fingerprint density at radius 1 is 1.38 bits per heavy atom. The summed E-state index contributed by atoms with van der Waals surface area (Å²) < 4.78 is 1.04. The fourth-order valence-corrected chi connectivity index (χ4v) is 2.17. The molecule has 0 radical (unpaired) electrons. The summed E-state index contributed by atoms with van der Waals surface area (Å²) in [6.07, 6.45) is 0. The third-order valence-electron chi connectivity index (χ3n) is 2.57. The maximum atomic E-state index is 5.87. The molecule has 0 aliphatic heterocycles. The predicted octanol–water partition coefficient (Wildman–Crippen LogP) is 3.51. The van der Waals surface area contributed by atoms with Crippen LogP contribution in [0.15, 0.2) is 22.7 Å². The van der Waals surface area contributed by atoms with Crippen molar-refractivity contribution in [3.05, 3.63) is 28.2 Å². The molecule has 0 unspecified atom stereocenters. The summed E-state index contributed by atoms with van der Waals surface area (Å²) in [4.78, 5) is 2.43. The first-order valence-corrected chi connectivity index (χ1v) is 6.59. The van der Waals surface area contributed by atoms with E-state index in [2.05, 4.69) is 47.7 Å². The Morgan fingerprint density at radius 2 is 2.06 bits per heavy atom. The van der Waals surface area contributed by atoms with Gasteiger partial charge < -0.3 is 5.73 Å². The van der Waals surface area contributed by atoms with Crippen LogP contribution in [0.5, 0.6) is 0 Å². The maximum Gasteiger partial charge on any atom is 0.0461 e. The van der Waals surface area contributed by atoms with E-state index in [4.69, 9.17) is 5.73 Å². The molecule has 0 amide bonds. The second-order valence-corrected chi connectivity index (χ2v) is 5.33. The van der Waals surface area contributed by atoms with Crippen molar-refractivity contribution < 1.29 is 0 Å². The van der Waals surface area contributed by atoms with Gasteiger partial charge in [0.05, 0.1) is 0 Å². The zero-order valence-corrected chi connectivity index (χ0v) is 11.9. The van der Waals surface area contributed by atoms with Gasteiger partial charge in [-0.1, -0.05) is 32.9 Å². The molecule has 3 heteroatoms. The van der Waals surface area contributed by atoms with Crippen LogP contribution in [0.1, 0.15) is 26.3 Å². The number of rotatable bonds is 5. The normalized spacial score (nSPS) is 11.4. The van der Waals surface area contributed by atoms with Gasteiger partial charge in [0, 0.05) is 23.2 Å². The fraction of sp³-hybridized carbons (Fsp3) is 0.538. The molecule has 1 rings (SSSR count). The number of halogens is 1. The van der Waals surface area contributed by atoms with Crippen LogP contribution in [0.2, 0.25) is 0 Å². The van der Waals surface area contributed by atoms with Gasteiger partial charge in [-0.2, -0.15) is 0 Å². The maximum absolute atomic E-state index is 5.87. The topological polar surface area (TPSA) is 29.3 Å². The summed E-state index contributed by atoms with van der Waals surface area (Å²) in [5.41, 5.74) is 7.96. The Labute approximate surface area is 107 Å². The highest BCUT2D eigenvalue weighted by Gasteiger charge is 2.09. The smallest absolute Gasteiger partial charge is 0.0461 e. The minimum atomic E-state index is 0.694. The van der Waals surface area contributed by atoms with E-state index in [9.17, 15) is 0 Å². The van der Waals surface area contributed by atoms with Crippen molar-refractivity contribution in [1.29, 1.82) is 0 Å². The van der Waals surface area contributed by atoms with Crippen LogP contribution in [0.25, 0.3) is 0 Å². The molecule has 0 aromatic heterocycles. The molecule has 1 aromatic rings. The van der Waals surface area contributed by atoms with Crippen LogP contribution in [-0.4, -0.2) is 18.0 Å². The third-order valence-corrected chi connectivity index (χ3v) is 3.54. The molecule has 0 heterocycles. The molecular formula is C13H21BrN2. The third kappa shape index (κ3) is 3.80. The average molecular weight is 285 g/mol. The van der Waals surface area contributed by atoms with E-state index in [0.717, 1.165) is 29.8 Å². The quantitative estimate of drug-likeness (QED) is 0.839. The molecule has 0 aliphatic carbocycles. The van der Waals surface area contributed by atoms with Crippen LogP contribution in [0, 0.1) is 5.92 Å². The van der Waals surface area contributed by atoms with Gasteiger partial charge in [0.2, 0.25) is 0 Å². The number of nitrogens with zero attached hydrogens (tertiary/aromatic N) is 1. The van der Waals surface area contributed by atoms with E-state index >= 15 is 0 Å². The Morgan fingerprint density at radius 3 is 2.62 bits per heavy atom. The molecule has 0 bridgehead atoms. The van der Waals surface area contributed by atoms with E-state index in [1.165, 1.54) is 5.56 Å². The van der Waals surface area contributed by atoms with Crippen LogP contribution in [-0.2, 0) is 6.54 Å². The van der Waals surface area contributed by atoms with Crippen molar-refractivity contribution in [3.63, 3.8) is 0 Å². The van der Waals surface area contributed by atoms with E-state index in [1.54, 1.807) is 0 Å². The zero-order valence-electron chi connectivity index (χ0n) is 10.3. The standard InChI is InChI=1S/C13H21BrN2/c1-4-16(8-10(2)3)9-11-6-5-7-12(15)13(11)14/h5-7,10H,4,8-9,15H2,1-3H3. The van der Waals surface area contributed by atoms with Crippen molar-refractivity contribution in [2.75, 3.05) is 18.8 Å². The number of nitrogens with two attached hydrogens (primary N) is 1. The van der Waals surface area contributed by atoms with E-state index < -0.39 is 0 Å². The van der Waals surface area contributed by atoms with E-state index in [-0.39, 0.29) is 0 Å². The van der Waals surface area contributed by atoms with E-state index in [1.807, 2.05) is 12.1 Å². The molecular weight excluding hydrogens is 264 g/mol. The summed E-state index contributed by atoms with van der Waals surface area (Å²) in [5.74, 6) is 0.694. The lowest BCUT2D eigenvalue weighted by Gasteiger charge is -2.23. The van der Waals surface area contributed by atoms with Gasteiger partial charge in [-0.25, -0.2) is 0 Å². The summed E-state index contributed by atoms with van der Waals surface area (Å²) in [6.45, 7) is 9.84. The monoisotopic (exact) mass is 284 g/mol. The molecule has 0 fully saturated rings. The molecule has 90 valence electrons. The molecule has 1 aromatic carbocycles. The van der Waals surface area contributed by atoms with Gasteiger partial charge in [0.15, 0.2) is 0 Å². The molecule has 0 aliphatic rings. The lowest BCUT2D eigenvalue weighted by Crippen LogP contribution is -2.27. The summed E-state index contributed by atoms with van der Waals surface area (Å²) in [5, 5.41) is 0. The lowest BCUT2D eigenvalue weighted by atomic mass is 10.1. The molecule has 0 saturated carbocycles. The van der Waals surface area contributed by atoms with Crippen molar-refractivity contribution in [2.45, 2.75) is 27.3 Å². The number of hydrogen-bond donors (Lipinski definition) is 1. The average Bonchev–Trinajstić information content (AvgIpc) is 2.23. The molecule has 0 saturated heterocycles. The predicted molar refractivity (Wildman–Crippen MR) is 74.3 cm³/mol. The highest BCUT2D eigenvalue weighted by Crippen LogP contribution is 2.25. The number of hydrogen-bond acceptors (Lipinski definition) is 2. The van der Waals surface area contributed by atoms with Gasteiger partial charge in [0.1, 0.15) is 0 Å². The van der Waals surface area contributed by atoms with Crippen molar-refractivity contribution in [2.24, 2.45) is 5.92 Å². The van der Waals surface area contributed by atoms with Gasteiger partial charge in [-0.3, -0.25) is 4.90 Å². The van der Waals surface area contributed by atoms with Crippen molar-refractivity contribution >= 4 is 21.6 Å². The second-order valence-electron chi connectivity index (χ2n) is 4.54. The summed E-state index contributed by atoms with van der Waals surface area (Å²) in [6, 6.07) is 6.06. The molecule has 2 N–H and O–H groups in total. The Balaban J connectivity index is 2.74. The van der Waals surface area contributed by atoms with Crippen molar-refractivity contribution in [3.8, 4) is 0 Å². The lowest BCUT2D eigenvalue weighted by molar-refractivity contribution is 0.248. The first-order chi connectivity index (χ1) is 7.54. The SMILES string of the molecule is CCN(Cc1cccc(N)c1Br)CC(C)C. The van der Waals surface area contributed by atoms with Gasteiger partial charge in [0.25, 0.3) is 0 Å². The van der Waals surface area contributed by atoms with Crippen LogP contribution >= 0.6 is 15.9 Å². The fourth-order valence-electron chi connectivity index (χ4n) is 1.78. The molecule has 2 nitrogen and oxygen atoms in total. The molecule has 16 heavy (non-hydrogen) atoms. The zero-order chi connectivity index (χ0) is 12.1. The summed E-state index contributed by atoms with van der Waals surface area (Å²) in [7, 11) is 0. The summed E-state index contributed by atoms with van der Waals surface area (Å²) >= 11 is 3.55. The Hall–Kier alpha value is -0.540. The Kier molecular flexibility index (Phi) is 5.29. The van der Waals surface area contributed by atoms with Gasteiger partial charge in [-0.15, -0.1) is 0 Å². The minimum absolute atomic E-state index is 0.694. The van der Waals surface area contributed by atoms with E-state index in [0.29, 0.717) is 5.92 Å². The van der Waals surface area contributed by atoms with Crippen LogP contribution in [0.4, 0.5) is 5.69 Å². The van der Waals surface area contributed by atoms with Gasteiger partial charge >= 0.3 is 0 Å². The highest BCUT2D eigenvalue weighted by molar-refractivity contribution is 9.10. The first kappa shape index (κ1) is 13.5. The number of benzene rings is 1. The molecule has 0 atom stereocenters. The second kappa shape index (κ2) is 6.26. The first-order valence-electron chi connectivity index (χ1n) is 5.79. The molecule has 0 spiro atoms. The van der Waals surface area contributed by atoms with Crippen LogP contribution < -0.4 is 5.73 Å². The largest absolute Gasteiger partial charge is 0.398 e. The van der Waals surface area contributed by atoms with Gasteiger partial charge in [-0.05, 0) is 40.0 Å². The number of nitrogen functional groups attached to an aromatic ring is 1.